The van der Waals surface area contributed by atoms with E-state index in [1.165, 1.54) is 0 Å². The quantitative estimate of drug-likeness (QED) is 0.277. The fourth-order valence-corrected chi connectivity index (χ4v) is 0.911. The summed E-state index contributed by atoms with van der Waals surface area (Å²) >= 11 is 0. The van der Waals surface area contributed by atoms with Crippen molar-refractivity contribution in [1.82, 2.24) is 10.9 Å². The minimum atomic E-state index is -0.541. The van der Waals surface area contributed by atoms with Crippen LogP contribution in [0.15, 0.2) is 35.4 Å². The third-order valence-corrected chi connectivity index (χ3v) is 1.65. The smallest absolute Gasteiger partial charge is 0.274 e. The second-order valence-electron chi connectivity index (χ2n) is 2.65. The topological polar surface area (TPSA) is 79.5 Å². The van der Waals surface area contributed by atoms with Gasteiger partial charge >= 0.3 is 6.03 Å². The Balaban J connectivity index is 2.66. The number of hydrazone groups is 1. The molecule has 0 heterocycles. The summed E-state index contributed by atoms with van der Waals surface area (Å²) in [7, 11) is 0. The summed E-state index contributed by atoms with van der Waals surface area (Å²) < 4.78 is 0. The van der Waals surface area contributed by atoms with Gasteiger partial charge in [0.2, 0.25) is 0 Å². The van der Waals surface area contributed by atoms with E-state index in [0.29, 0.717) is 5.71 Å². The number of amides is 2. The van der Waals surface area contributed by atoms with Crippen molar-refractivity contribution < 1.29 is 4.79 Å². The molecule has 0 saturated heterocycles. The lowest BCUT2D eigenvalue weighted by molar-refractivity contribution is 0.241. The molecule has 0 bridgehead atoms. The normalized spacial score (nSPS) is 10.9. The first-order valence-electron chi connectivity index (χ1n) is 4.10. The van der Waals surface area contributed by atoms with Gasteiger partial charge in [-0.1, -0.05) is 30.3 Å². The molecule has 1 aromatic carbocycles. The van der Waals surface area contributed by atoms with Gasteiger partial charge in [-0.05, 0) is 12.5 Å². The average Bonchev–Trinajstić information content (AvgIpc) is 2.26. The number of carbonyl (C=O) groups excluding carboxylic acids is 1. The van der Waals surface area contributed by atoms with Gasteiger partial charge in [-0.15, -0.1) is 0 Å². The van der Waals surface area contributed by atoms with E-state index in [4.69, 9.17) is 5.84 Å². The largest absolute Gasteiger partial charge is 0.349 e. The molecule has 0 aromatic heterocycles. The lowest BCUT2D eigenvalue weighted by Crippen LogP contribution is -2.37. The van der Waals surface area contributed by atoms with Crippen molar-refractivity contribution in [3.63, 3.8) is 0 Å². The molecule has 0 aliphatic heterocycles. The molecular formula is C9H12N4O. The van der Waals surface area contributed by atoms with Crippen LogP contribution in [0.2, 0.25) is 0 Å². The standard InChI is InChI=1S/C9H12N4O/c1-7(12-13-9(14)11-10)8-5-3-2-4-6-8/h2-6H,10H2,1H3,(H2,11,13,14)/b12-7+. The third-order valence-electron chi connectivity index (χ3n) is 1.65. The van der Waals surface area contributed by atoms with Crippen molar-refractivity contribution >= 4 is 11.7 Å². The summed E-state index contributed by atoms with van der Waals surface area (Å²) in [4.78, 5) is 10.7. The first-order valence-corrected chi connectivity index (χ1v) is 4.10. The van der Waals surface area contributed by atoms with E-state index in [1.807, 2.05) is 35.8 Å². The van der Waals surface area contributed by atoms with Crippen LogP contribution in [0.25, 0.3) is 0 Å². The minimum absolute atomic E-state index is 0.541. The minimum Gasteiger partial charge on any atom is -0.274 e. The van der Waals surface area contributed by atoms with E-state index < -0.39 is 6.03 Å². The third kappa shape index (κ3) is 2.87. The van der Waals surface area contributed by atoms with Crippen LogP contribution in [-0.2, 0) is 0 Å². The van der Waals surface area contributed by atoms with E-state index in [-0.39, 0.29) is 0 Å². The van der Waals surface area contributed by atoms with Crippen molar-refractivity contribution in [1.29, 1.82) is 0 Å². The molecule has 0 radical (unpaired) electrons. The van der Waals surface area contributed by atoms with Gasteiger partial charge < -0.3 is 0 Å². The Bertz CT molecular complexity index is 334. The molecule has 1 rings (SSSR count). The second kappa shape index (κ2) is 4.98. The summed E-state index contributed by atoms with van der Waals surface area (Å²) in [5.41, 5.74) is 5.82. The fourth-order valence-electron chi connectivity index (χ4n) is 0.911. The van der Waals surface area contributed by atoms with Gasteiger partial charge in [-0.3, -0.25) is 5.43 Å². The zero-order valence-electron chi connectivity index (χ0n) is 7.82. The zero-order chi connectivity index (χ0) is 10.4. The van der Waals surface area contributed by atoms with E-state index in [1.54, 1.807) is 6.92 Å². The van der Waals surface area contributed by atoms with Crippen molar-refractivity contribution in [3.05, 3.63) is 35.9 Å². The van der Waals surface area contributed by atoms with Crippen LogP contribution >= 0.6 is 0 Å². The number of hydrazine groups is 1. The van der Waals surface area contributed by atoms with Gasteiger partial charge in [-0.25, -0.2) is 16.1 Å². The number of hydrogen-bond donors (Lipinski definition) is 3. The number of rotatable bonds is 2. The Morgan fingerprint density at radius 3 is 2.57 bits per heavy atom. The summed E-state index contributed by atoms with van der Waals surface area (Å²) in [5.74, 6) is 4.87. The van der Waals surface area contributed by atoms with Gasteiger partial charge in [0.25, 0.3) is 0 Å². The lowest BCUT2D eigenvalue weighted by atomic mass is 10.1. The highest BCUT2D eigenvalue weighted by Crippen LogP contribution is 1.99. The first-order chi connectivity index (χ1) is 6.74. The van der Waals surface area contributed by atoms with Crippen LogP contribution < -0.4 is 16.7 Å². The average molecular weight is 192 g/mol. The highest BCUT2D eigenvalue weighted by molar-refractivity contribution is 5.99. The molecule has 5 heteroatoms. The Morgan fingerprint density at radius 2 is 2.00 bits per heavy atom. The van der Waals surface area contributed by atoms with Crippen molar-refractivity contribution in [2.24, 2.45) is 10.9 Å². The van der Waals surface area contributed by atoms with E-state index in [2.05, 4.69) is 10.5 Å². The maximum Gasteiger partial charge on any atom is 0.349 e. The summed E-state index contributed by atoms with van der Waals surface area (Å²) in [6, 6.07) is 8.98. The molecule has 0 saturated carbocycles. The molecule has 74 valence electrons. The number of urea groups is 1. The molecular weight excluding hydrogens is 180 g/mol. The highest BCUT2D eigenvalue weighted by atomic mass is 16.2. The van der Waals surface area contributed by atoms with Crippen LogP contribution in [0.4, 0.5) is 4.79 Å². The van der Waals surface area contributed by atoms with E-state index in [9.17, 15) is 4.79 Å². The Hall–Kier alpha value is -1.88. The SMILES string of the molecule is C/C(=N\NC(=O)NN)c1ccccc1. The molecule has 2 amide bonds. The molecule has 0 fully saturated rings. The van der Waals surface area contributed by atoms with E-state index >= 15 is 0 Å². The monoisotopic (exact) mass is 192 g/mol. The molecule has 1 aromatic rings. The second-order valence-corrected chi connectivity index (χ2v) is 2.65. The number of nitrogens with one attached hydrogen (secondary N) is 2. The molecule has 5 nitrogen and oxygen atoms in total. The van der Waals surface area contributed by atoms with Gasteiger partial charge in [0.15, 0.2) is 0 Å². The number of hydrogen-bond acceptors (Lipinski definition) is 3. The van der Waals surface area contributed by atoms with Gasteiger partial charge in [0.1, 0.15) is 0 Å². The van der Waals surface area contributed by atoms with Crippen LogP contribution in [0.5, 0.6) is 0 Å². The predicted octanol–water partition coefficient (Wildman–Crippen LogP) is 0.583. The number of nitrogens with zero attached hydrogens (tertiary/aromatic N) is 1. The van der Waals surface area contributed by atoms with Gasteiger partial charge in [0.05, 0.1) is 5.71 Å². The molecule has 4 N–H and O–H groups in total. The van der Waals surface area contributed by atoms with Crippen LogP contribution in [-0.4, -0.2) is 11.7 Å². The first kappa shape index (κ1) is 10.2. The van der Waals surface area contributed by atoms with Crippen molar-refractivity contribution in [2.45, 2.75) is 6.92 Å². The maximum absolute atomic E-state index is 10.7. The van der Waals surface area contributed by atoms with Crippen LogP contribution in [0, 0.1) is 0 Å². The number of carbonyl (C=O) groups is 1. The van der Waals surface area contributed by atoms with Crippen molar-refractivity contribution in [3.8, 4) is 0 Å². The summed E-state index contributed by atoms with van der Waals surface area (Å²) in [6.07, 6.45) is 0. The van der Waals surface area contributed by atoms with Crippen molar-refractivity contribution in [2.75, 3.05) is 0 Å². The molecule has 0 aliphatic rings. The highest BCUT2D eigenvalue weighted by Gasteiger charge is 1.96. The summed E-state index contributed by atoms with van der Waals surface area (Å²) in [5, 5.41) is 3.84. The molecule has 0 unspecified atom stereocenters. The Morgan fingerprint density at radius 1 is 1.36 bits per heavy atom. The van der Waals surface area contributed by atoms with Crippen LogP contribution in [0.3, 0.4) is 0 Å². The number of benzene rings is 1. The Kier molecular flexibility index (Phi) is 3.63. The Labute approximate surface area is 82.0 Å². The fraction of sp³-hybridized carbons (Fsp3) is 0.111. The molecule has 0 aliphatic carbocycles. The van der Waals surface area contributed by atoms with Gasteiger partial charge in [-0.2, -0.15) is 5.10 Å². The zero-order valence-corrected chi connectivity index (χ0v) is 7.82. The maximum atomic E-state index is 10.7. The molecule has 14 heavy (non-hydrogen) atoms. The molecule has 0 atom stereocenters. The van der Waals surface area contributed by atoms with Crippen LogP contribution in [0.1, 0.15) is 12.5 Å². The molecule has 0 spiro atoms. The predicted molar refractivity (Wildman–Crippen MR) is 54.5 cm³/mol. The van der Waals surface area contributed by atoms with Gasteiger partial charge in [0, 0.05) is 0 Å². The number of nitrogens with two attached hydrogens (primary N) is 1. The lowest BCUT2D eigenvalue weighted by Gasteiger charge is -2.01. The van der Waals surface area contributed by atoms with E-state index in [0.717, 1.165) is 5.56 Å². The summed E-state index contributed by atoms with van der Waals surface area (Å²) in [6.45, 7) is 1.80.